The minimum Gasteiger partial charge on any atom is -0.496 e. The zero-order valence-corrected chi connectivity index (χ0v) is 39.6. The number of rotatable bonds is 20. The van der Waals surface area contributed by atoms with Crippen molar-refractivity contribution in [1.29, 1.82) is 0 Å². The van der Waals surface area contributed by atoms with Crippen LogP contribution in [-0.2, 0) is 22.6 Å². The molecular formula is C50H62N6O12. The summed E-state index contributed by atoms with van der Waals surface area (Å²) in [5.41, 5.74) is 4.94. The van der Waals surface area contributed by atoms with Gasteiger partial charge in [-0.25, -0.2) is 9.78 Å². The van der Waals surface area contributed by atoms with Gasteiger partial charge in [0.1, 0.15) is 69.7 Å². The van der Waals surface area contributed by atoms with E-state index in [2.05, 4.69) is 20.2 Å². The normalized spacial score (nSPS) is 18.4. The lowest BCUT2D eigenvalue weighted by Crippen LogP contribution is -2.31. The van der Waals surface area contributed by atoms with Crippen LogP contribution in [-0.4, -0.2) is 113 Å². The minimum atomic E-state index is -1.82. The topological polar surface area (TPSA) is 235 Å². The number of aliphatic hydroxyl groups is 4. The highest BCUT2D eigenvalue weighted by Gasteiger charge is 2.34. The lowest BCUT2D eigenvalue weighted by Gasteiger charge is -2.28. The van der Waals surface area contributed by atoms with Crippen LogP contribution in [0.1, 0.15) is 113 Å². The van der Waals surface area contributed by atoms with Gasteiger partial charge in [0.05, 0.1) is 65.0 Å². The van der Waals surface area contributed by atoms with E-state index >= 15 is 0 Å². The van der Waals surface area contributed by atoms with Gasteiger partial charge in [-0.1, -0.05) is 12.8 Å². The van der Waals surface area contributed by atoms with Gasteiger partial charge in [-0.05, 0) is 113 Å². The lowest BCUT2D eigenvalue weighted by atomic mass is 10.0. The van der Waals surface area contributed by atoms with Gasteiger partial charge in [-0.2, -0.15) is 10.2 Å². The van der Waals surface area contributed by atoms with E-state index in [4.69, 9.17) is 28.4 Å². The second-order valence-electron chi connectivity index (χ2n) is 18.2. The second-order valence-corrected chi connectivity index (χ2v) is 18.2. The van der Waals surface area contributed by atoms with Gasteiger partial charge in [-0.15, -0.1) is 0 Å². The molecule has 0 saturated heterocycles. The lowest BCUT2D eigenvalue weighted by molar-refractivity contribution is -0.0859. The Labute approximate surface area is 394 Å². The molecule has 2 aliphatic rings. The molecule has 6 unspecified atom stereocenters. The third-order valence-corrected chi connectivity index (χ3v) is 13.3. The molecule has 6 aromatic rings. The van der Waals surface area contributed by atoms with Crippen LogP contribution in [0.25, 0.3) is 21.9 Å². The number of methoxy groups -OCH3 is 3. The number of hydrogen-bond acceptors (Lipinski definition) is 15. The Bertz CT molecular complexity index is 2720. The Kier molecular flexibility index (Phi) is 14.8. The Morgan fingerprint density at radius 1 is 0.676 bits per heavy atom. The predicted octanol–water partition coefficient (Wildman–Crippen LogP) is 6.54. The van der Waals surface area contributed by atoms with Crippen LogP contribution in [0.2, 0.25) is 0 Å². The van der Waals surface area contributed by atoms with E-state index in [0.29, 0.717) is 81.4 Å². The van der Waals surface area contributed by atoms with Crippen molar-refractivity contribution in [1.82, 2.24) is 29.5 Å². The van der Waals surface area contributed by atoms with Crippen LogP contribution in [0.5, 0.6) is 23.0 Å². The van der Waals surface area contributed by atoms with Crippen LogP contribution >= 0.6 is 0 Å². The molecule has 18 heteroatoms. The number of pyridine rings is 2. The number of carboxylic acid groups (broad SMARTS) is 1. The average molecular weight is 939 g/mol. The molecule has 4 aromatic heterocycles. The van der Waals surface area contributed by atoms with Gasteiger partial charge in [0.25, 0.3) is 0 Å². The number of nitrogens with zero attached hydrogens (tertiary/aromatic N) is 6. The van der Waals surface area contributed by atoms with Crippen LogP contribution in [0.4, 0.5) is 0 Å². The highest BCUT2D eigenvalue weighted by molar-refractivity contribution is 6.00. The molecule has 6 atom stereocenters. The van der Waals surface area contributed by atoms with Gasteiger partial charge >= 0.3 is 5.97 Å². The zero-order chi connectivity index (χ0) is 48.4. The molecule has 0 spiro atoms. The first-order valence-electron chi connectivity index (χ1n) is 23.1. The molecule has 2 aromatic carbocycles. The molecule has 364 valence electrons. The molecule has 8 rings (SSSR count). The Hall–Kier alpha value is -5.89. The summed E-state index contributed by atoms with van der Waals surface area (Å²) in [5, 5.41) is 64.1. The summed E-state index contributed by atoms with van der Waals surface area (Å²) in [6.45, 7) is 7.91. The van der Waals surface area contributed by atoms with Crippen LogP contribution in [0.3, 0.4) is 0 Å². The SMILES string of the molecule is COc1cc(C(O)C(Cn2cc3cc(C)nc(C(O)O)c3n2)OC2CCC(COc3cc(C(O)C(Cn4cc5nc(C)cc(C(=O)O)c5n4)OC4CCCC4)cc(OC)c3C)C2)cc(OC)c1C. The maximum Gasteiger partial charge on any atom is 0.338 e. The van der Waals surface area contributed by atoms with E-state index in [0.717, 1.165) is 43.2 Å². The quantitative estimate of drug-likeness (QED) is 0.0511. The number of aromatic nitrogens is 6. The fourth-order valence-corrected chi connectivity index (χ4v) is 9.71. The first-order chi connectivity index (χ1) is 32.6. The molecule has 2 aliphatic carbocycles. The van der Waals surface area contributed by atoms with E-state index in [1.807, 2.05) is 26.0 Å². The standard InChI is InChI=1S/C50H62N6O12/c1-26-14-33-21-55(53-44(33)46(52-26)50(61)62)23-43(47(57)31-17-38(63-5)28(3)39(18-31)64-6)68-35-13-12-30(16-35)25-66-41-20-32(19-40(65-7)29(41)4)48(58)42(67-34-10-8-9-11-34)24-56-22-37-45(54-56)36(49(59)60)15-27(2)51-37/h14-15,17-22,30,34-35,42-43,47-48,50,57-58,61-62H,8-13,16,23-25H2,1-7H3,(H,59,60). The van der Waals surface area contributed by atoms with Crippen molar-refractivity contribution in [2.75, 3.05) is 27.9 Å². The number of aliphatic hydroxyl groups excluding tert-OH is 3. The number of benzene rings is 2. The van der Waals surface area contributed by atoms with Gasteiger partial charge in [-0.3, -0.25) is 14.3 Å². The molecule has 0 amide bonds. The third-order valence-electron chi connectivity index (χ3n) is 13.3. The summed E-state index contributed by atoms with van der Waals surface area (Å²) in [6, 6.07) is 10.5. The van der Waals surface area contributed by atoms with Crippen LogP contribution < -0.4 is 18.9 Å². The van der Waals surface area contributed by atoms with E-state index in [1.54, 1.807) is 75.1 Å². The number of hydrogen-bond donors (Lipinski definition) is 5. The second kappa shape index (κ2) is 20.8. The monoisotopic (exact) mass is 938 g/mol. The van der Waals surface area contributed by atoms with Gasteiger partial charge in [0.2, 0.25) is 0 Å². The van der Waals surface area contributed by atoms with Crippen molar-refractivity contribution in [2.24, 2.45) is 5.92 Å². The Morgan fingerprint density at radius 3 is 1.81 bits per heavy atom. The maximum atomic E-state index is 12.1. The van der Waals surface area contributed by atoms with Crippen molar-refractivity contribution >= 4 is 27.9 Å². The number of carboxylic acids is 1. The zero-order valence-electron chi connectivity index (χ0n) is 39.6. The van der Waals surface area contributed by atoms with Gasteiger partial charge in [0.15, 0.2) is 6.29 Å². The number of aromatic carboxylic acids is 1. The first-order valence-corrected chi connectivity index (χ1v) is 23.1. The van der Waals surface area contributed by atoms with E-state index in [9.17, 15) is 30.3 Å². The molecule has 18 nitrogen and oxygen atoms in total. The number of fused-ring (bicyclic) bond motifs is 2. The highest BCUT2D eigenvalue weighted by Crippen LogP contribution is 2.39. The molecule has 0 radical (unpaired) electrons. The number of carbonyl (C=O) groups is 1. The average Bonchev–Trinajstić information content (AvgIpc) is 4.15. The molecular weight excluding hydrogens is 877 g/mol. The van der Waals surface area contributed by atoms with Crippen LogP contribution in [0.15, 0.2) is 48.8 Å². The molecule has 0 bridgehead atoms. The highest BCUT2D eigenvalue weighted by atomic mass is 16.5. The third kappa shape index (κ3) is 10.5. The summed E-state index contributed by atoms with van der Waals surface area (Å²) in [6.07, 6.45) is 3.49. The molecule has 2 fully saturated rings. The van der Waals surface area contributed by atoms with Crippen molar-refractivity contribution in [3.63, 3.8) is 0 Å². The summed E-state index contributed by atoms with van der Waals surface area (Å²) in [5.74, 6) is 1.20. The maximum absolute atomic E-state index is 12.1. The van der Waals surface area contributed by atoms with E-state index < -0.39 is 36.7 Å². The van der Waals surface area contributed by atoms with E-state index in [-0.39, 0.29) is 48.0 Å². The number of ether oxygens (including phenoxy) is 6. The fraction of sp³-hybridized carbons (Fsp3) is 0.500. The van der Waals surface area contributed by atoms with Crippen molar-refractivity contribution in [3.05, 3.63) is 93.7 Å². The predicted molar refractivity (Wildman–Crippen MR) is 249 cm³/mol. The first kappa shape index (κ1) is 48.6. The molecule has 0 aliphatic heterocycles. The molecule has 2 saturated carbocycles. The van der Waals surface area contributed by atoms with Crippen LogP contribution in [0, 0.1) is 33.6 Å². The summed E-state index contributed by atoms with van der Waals surface area (Å²) in [4.78, 5) is 20.9. The largest absolute Gasteiger partial charge is 0.496 e. The molecule has 5 N–H and O–H groups in total. The summed E-state index contributed by atoms with van der Waals surface area (Å²) < 4.78 is 40.3. The van der Waals surface area contributed by atoms with E-state index in [1.165, 1.54) is 6.07 Å². The molecule has 68 heavy (non-hydrogen) atoms. The van der Waals surface area contributed by atoms with Crippen molar-refractivity contribution in [2.45, 2.75) is 129 Å². The molecule has 4 heterocycles. The van der Waals surface area contributed by atoms with Crippen molar-refractivity contribution in [3.8, 4) is 23.0 Å². The Morgan fingerprint density at radius 2 is 1.22 bits per heavy atom. The summed E-state index contributed by atoms with van der Waals surface area (Å²) >= 11 is 0. The van der Waals surface area contributed by atoms with Crippen molar-refractivity contribution < 1.29 is 58.7 Å². The summed E-state index contributed by atoms with van der Waals surface area (Å²) in [7, 11) is 4.70. The number of aryl methyl sites for hydroxylation is 2. The minimum absolute atomic E-state index is 0.0435. The fourth-order valence-electron chi connectivity index (χ4n) is 9.71. The Balaban J connectivity index is 1.00. The van der Waals surface area contributed by atoms with Gasteiger partial charge in [0, 0.05) is 34.1 Å². The van der Waals surface area contributed by atoms with Gasteiger partial charge < -0.3 is 54.0 Å². The smallest absolute Gasteiger partial charge is 0.338 e.